The van der Waals surface area contributed by atoms with Gasteiger partial charge in [-0.05, 0) is 12.1 Å². The summed E-state index contributed by atoms with van der Waals surface area (Å²) >= 11 is 6.02. The monoisotopic (exact) mass is 317 g/mol. The van der Waals surface area contributed by atoms with Crippen LogP contribution >= 0.6 is 11.6 Å². The van der Waals surface area contributed by atoms with Crippen molar-refractivity contribution in [1.82, 2.24) is 15.0 Å². The fourth-order valence-electron chi connectivity index (χ4n) is 1.83. The first-order valence-electron chi connectivity index (χ1n) is 6.29. The van der Waals surface area contributed by atoms with E-state index >= 15 is 0 Å². The number of alkyl halides is 2. The molecule has 8 heteroatoms. The molecule has 114 valence electrons. The number of aliphatic hydroxyl groups is 1. The summed E-state index contributed by atoms with van der Waals surface area (Å²) in [6.45, 7) is -0.502. The molecule has 0 fully saturated rings. The number of rotatable bonds is 7. The van der Waals surface area contributed by atoms with E-state index < -0.39 is 13.0 Å². The Morgan fingerprint density at radius 1 is 1.33 bits per heavy atom. The molecule has 2 aromatic rings. The van der Waals surface area contributed by atoms with Crippen LogP contribution in [0.4, 0.5) is 8.78 Å². The molecule has 5 nitrogen and oxygen atoms in total. The van der Waals surface area contributed by atoms with Crippen LogP contribution in [0.2, 0.25) is 5.02 Å². The number of nitrogens with zero attached hydrogens (tertiary/aromatic N) is 3. The van der Waals surface area contributed by atoms with Gasteiger partial charge in [-0.15, -0.1) is 0 Å². The van der Waals surface area contributed by atoms with Gasteiger partial charge in [0.2, 0.25) is 0 Å². The van der Waals surface area contributed by atoms with Crippen LogP contribution in [0.3, 0.4) is 0 Å². The van der Waals surface area contributed by atoms with Crippen molar-refractivity contribution in [2.24, 2.45) is 0 Å². The van der Waals surface area contributed by atoms with Gasteiger partial charge in [-0.25, -0.2) is 8.78 Å². The smallest absolute Gasteiger partial charge is 0.259 e. The third-order valence-electron chi connectivity index (χ3n) is 2.75. The Labute approximate surface area is 125 Å². The molecule has 0 amide bonds. The molecule has 0 aliphatic heterocycles. The van der Waals surface area contributed by atoms with Gasteiger partial charge < -0.3 is 9.63 Å². The van der Waals surface area contributed by atoms with Gasteiger partial charge in [0, 0.05) is 6.54 Å². The van der Waals surface area contributed by atoms with Crippen molar-refractivity contribution < 1.29 is 18.4 Å². The summed E-state index contributed by atoms with van der Waals surface area (Å²) in [6, 6.07) is 6.97. The van der Waals surface area contributed by atoms with Crippen LogP contribution in [0.25, 0.3) is 11.5 Å². The number of hydrogen-bond acceptors (Lipinski definition) is 5. The molecule has 1 aromatic heterocycles. The highest BCUT2D eigenvalue weighted by Crippen LogP contribution is 2.25. The lowest BCUT2D eigenvalue weighted by molar-refractivity contribution is 0.0729. The largest absolute Gasteiger partial charge is 0.395 e. The zero-order valence-electron chi connectivity index (χ0n) is 11.0. The van der Waals surface area contributed by atoms with Crippen molar-refractivity contribution in [1.29, 1.82) is 0 Å². The average Bonchev–Trinajstić information content (AvgIpc) is 2.87. The summed E-state index contributed by atoms with van der Waals surface area (Å²) in [7, 11) is 0. The van der Waals surface area contributed by atoms with Crippen molar-refractivity contribution >= 4 is 11.6 Å². The zero-order valence-corrected chi connectivity index (χ0v) is 11.8. The Morgan fingerprint density at radius 3 is 2.76 bits per heavy atom. The third kappa shape index (κ3) is 4.45. The average molecular weight is 318 g/mol. The van der Waals surface area contributed by atoms with Crippen LogP contribution in [0.5, 0.6) is 0 Å². The van der Waals surface area contributed by atoms with E-state index in [-0.39, 0.29) is 31.4 Å². The Balaban J connectivity index is 2.10. The predicted octanol–water partition coefficient (Wildman–Crippen LogP) is 2.45. The molecule has 0 bridgehead atoms. The van der Waals surface area contributed by atoms with Crippen LogP contribution in [0, 0.1) is 0 Å². The van der Waals surface area contributed by atoms with E-state index in [0.717, 1.165) is 0 Å². The SMILES string of the molecule is OCCN(Cc1noc(-c2ccccc2Cl)n1)CC(F)F. The van der Waals surface area contributed by atoms with Crippen molar-refractivity contribution in [2.45, 2.75) is 13.0 Å². The number of halogens is 3. The van der Waals surface area contributed by atoms with E-state index in [1.54, 1.807) is 24.3 Å². The van der Waals surface area contributed by atoms with Crippen molar-refractivity contribution in [2.75, 3.05) is 19.7 Å². The summed E-state index contributed by atoms with van der Waals surface area (Å²) in [5.41, 5.74) is 0.584. The van der Waals surface area contributed by atoms with Gasteiger partial charge in [-0.2, -0.15) is 4.98 Å². The second kappa shape index (κ2) is 7.44. The van der Waals surface area contributed by atoms with Crippen LogP contribution in [-0.2, 0) is 6.54 Å². The summed E-state index contributed by atoms with van der Waals surface area (Å²) in [6.07, 6.45) is -2.49. The van der Waals surface area contributed by atoms with Gasteiger partial charge in [-0.3, -0.25) is 4.90 Å². The van der Waals surface area contributed by atoms with Crippen LogP contribution in [0.15, 0.2) is 28.8 Å². The lowest BCUT2D eigenvalue weighted by atomic mass is 10.2. The fraction of sp³-hybridized carbons (Fsp3) is 0.385. The molecular weight excluding hydrogens is 304 g/mol. The van der Waals surface area contributed by atoms with Gasteiger partial charge >= 0.3 is 0 Å². The first-order valence-corrected chi connectivity index (χ1v) is 6.66. The number of benzene rings is 1. The molecule has 1 aromatic carbocycles. The standard InChI is InChI=1S/C13H14ClF2N3O2/c14-10-4-2-1-3-9(10)13-17-12(18-21-13)8-19(5-6-20)7-11(15)16/h1-4,11,20H,5-8H2. The van der Waals surface area contributed by atoms with Crippen molar-refractivity contribution in [3.05, 3.63) is 35.1 Å². The van der Waals surface area contributed by atoms with E-state index in [0.29, 0.717) is 10.6 Å². The highest BCUT2D eigenvalue weighted by atomic mass is 35.5. The van der Waals surface area contributed by atoms with E-state index in [2.05, 4.69) is 10.1 Å². The molecule has 0 radical (unpaired) electrons. The highest BCUT2D eigenvalue weighted by Gasteiger charge is 2.17. The van der Waals surface area contributed by atoms with Gasteiger partial charge in [0.25, 0.3) is 12.3 Å². The van der Waals surface area contributed by atoms with Crippen molar-refractivity contribution in [3.8, 4) is 11.5 Å². The molecule has 2 rings (SSSR count). The zero-order chi connectivity index (χ0) is 15.2. The predicted molar refractivity (Wildman–Crippen MR) is 73.1 cm³/mol. The molecule has 1 N–H and O–H groups in total. The number of aromatic nitrogens is 2. The molecule has 0 unspecified atom stereocenters. The second-order valence-corrected chi connectivity index (χ2v) is 4.75. The quantitative estimate of drug-likeness (QED) is 0.850. The molecule has 1 heterocycles. The minimum Gasteiger partial charge on any atom is -0.395 e. The van der Waals surface area contributed by atoms with Crippen LogP contribution in [0.1, 0.15) is 5.82 Å². The maximum Gasteiger partial charge on any atom is 0.259 e. The summed E-state index contributed by atoms with van der Waals surface area (Å²) < 4.78 is 30.0. The first-order chi connectivity index (χ1) is 10.1. The molecule has 0 saturated heterocycles. The molecule has 0 aliphatic carbocycles. The first kappa shape index (κ1) is 15.8. The normalized spacial score (nSPS) is 11.5. The number of hydrogen-bond donors (Lipinski definition) is 1. The van der Waals surface area contributed by atoms with E-state index in [9.17, 15) is 8.78 Å². The highest BCUT2D eigenvalue weighted by molar-refractivity contribution is 6.33. The van der Waals surface area contributed by atoms with Crippen molar-refractivity contribution in [3.63, 3.8) is 0 Å². The summed E-state index contributed by atoms with van der Waals surface area (Å²) in [5.74, 6) is 0.496. The Hall–Kier alpha value is -1.57. The molecule has 0 atom stereocenters. The molecule has 0 aliphatic rings. The van der Waals surface area contributed by atoms with E-state index in [1.165, 1.54) is 4.90 Å². The molecule has 21 heavy (non-hydrogen) atoms. The summed E-state index contributed by atoms with van der Waals surface area (Å²) in [4.78, 5) is 5.49. The van der Waals surface area contributed by atoms with Crippen LogP contribution < -0.4 is 0 Å². The summed E-state index contributed by atoms with van der Waals surface area (Å²) in [5, 5.41) is 13.1. The third-order valence-corrected chi connectivity index (χ3v) is 3.08. The fourth-order valence-corrected chi connectivity index (χ4v) is 2.05. The second-order valence-electron chi connectivity index (χ2n) is 4.35. The minimum absolute atomic E-state index is 0.0683. The van der Waals surface area contributed by atoms with Gasteiger partial charge in [0.1, 0.15) is 0 Å². The minimum atomic E-state index is -2.49. The Kier molecular flexibility index (Phi) is 5.60. The molecular formula is C13H14ClF2N3O2. The number of aliphatic hydroxyl groups excluding tert-OH is 1. The maximum atomic E-state index is 12.4. The maximum absolute atomic E-state index is 12.4. The molecule has 0 spiro atoms. The topological polar surface area (TPSA) is 62.4 Å². The lowest BCUT2D eigenvalue weighted by Crippen LogP contribution is -2.31. The van der Waals surface area contributed by atoms with Crippen LogP contribution in [-0.4, -0.2) is 46.3 Å². The molecule has 0 saturated carbocycles. The van der Waals surface area contributed by atoms with E-state index in [1.807, 2.05) is 0 Å². The Morgan fingerprint density at radius 2 is 2.10 bits per heavy atom. The van der Waals surface area contributed by atoms with Gasteiger partial charge in [0.15, 0.2) is 5.82 Å². The van der Waals surface area contributed by atoms with E-state index in [4.69, 9.17) is 21.2 Å². The Bertz CT molecular complexity index is 580. The van der Waals surface area contributed by atoms with Gasteiger partial charge in [-0.1, -0.05) is 28.9 Å². The lowest BCUT2D eigenvalue weighted by Gasteiger charge is -2.18. The van der Waals surface area contributed by atoms with Gasteiger partial charge in [0.05, 0.1) is 30.3 Å².